The van der Waals surface area contributed by atoms with Gasteiger partial charge in [0, 0.05) is 15.6 Å². The Morgan fingerprint density at radius 2 is 1.89 bits per heavy atom. The molecule has 0 aliphatic heterocycles. The van der Waals surface area contributed by atoms with E-state index in [9.17, 15) is 0 Å². The van der Waals surface area contributed by atoms with Crippen molar-refractivity contribution in [2.75, 3.05) is 5.73 Å². The molecule has 0 atom stereocenters. The zero-order valence-corrected chi connectivity index (χ0v) is 11.7. The van der Waals surface area contributed by atoms with Gasteiger partial charge in [-0.2, -0.15) is 0 Å². The number of hydrogen-bond donors (Lipinski definition) is 1. The maximum Gasteiger partial charge on any atom is 0.122 e. The van der Waals surface area contributed by atoms with Crippen molar-refractivity contribution in [2.24, 2.45) is 0 Å². The van der Waals surface area contributed by atoms with Crippen LogP contribution in [0, 0.1) is 0 Å². The normalized spacial score (nSPS) is 10.8. The van der Waals surface area contributed by atoms with Crippen LogP contribution in [0.2, 0.25) is 5.02 Å². The summed E-state index contributed by atoms with van der Waals surface area (Å²) in [6.45, 7) is 0.542. The van der Waals surface area contributed by atoms with Crippen LogP contribution in [0.25, 0.3) is 10.1 Å². The molecular weight excluding hydrogens is 278 g/mol. The lowest BCUT2D eigenvalue weighted by atomic mass is 10.2. The summed E-state index contributed by atoms with van der Waals surface area (Å²) in [5, 5.41) is 1.88. The monoisotopic (exact) mass is 289 g/mol. The van der Waals surface area contributed by atoms with Gasteiger partial charge in [-0.1, -0.05) is 23.7 Å². The first-order valence-electron chi connectivity index (χ1n) is 5.87. The summed E-state index contributed by atoms with van der Waals surface area (Å²) < 4.78 is 6.85. The first-order valence-corrected chi connectivity index (χ1v) is 7.07. The Balaban J connectivity index is 1.78. The van der Waals surface area contributed by atoms with Crippen molar-refractivity contribution < 1.29 is 4.74 Å². The average Bonchev–Trinajstić information content (AvgIpc) is 2.83. The summed E-state index contributed by atoms with van der Waals surface area (Å²) in [5.74, 6) is 0.815. The van der Waals surface area contributed by atoms with E-state index in [1.54, 1.807) is 11.3 Å². The maximum atomic E-state index is 5.95. The summed E-state index contributed by atoms with van der Waals surface area (Å²) in [4.78, 5) is 1.16. The largest absolute Gasteiger partial charge is 0.488 e. The Hall–Kier alpha value is -1.71. The predicted octanol–water partition coefficient (Wildman–Crippen LogP) is 4.72. The quantitative estimate of drug-likeness (QED) is 0.708. The number of halogens is 1. The van der Waals surface area contributed by atoms with Crippen LogP contribution in [0.3, 0.4) is 0 Å². The van der Waals surface area contributed by atoms with Crippen LogP contribution in [0.15, 0.2) is 48.5 Å². The summed E-state index contributed by atoms with van der Waals surface area (Å²) in [6, 6.07) is 15.4. The third-order valence-corrected chi connectivity index (χ3v) is 4.25. The topological polar surface area (TPSA) is 35.2 Å². The molecule has 0 amide bonds. The second-order valence-corrected chi connectivity index (χ2v) is 5.79. The Morgan fingerprint density at radius 1 is 1.11 bits per heavy atom. The second kappa shape index (κ2) is 5.11. The van der Waals surface area contributed by atoms with Crippen LogP contribution < -0.4 is 10.5 Å². The Kier molecular flexibility index (Phi) is 3.32. The predicted molar refractivity (Wildman–Crippen MR) is 82.0 cm³/mol. The number of anilines is 1. The summed E-state index contributed by atoms with van der Waals surface area (Å²) in [6.07, 6.45) is 0. The van der Waals surface area contributed by atoms with Gasteiger partial charge in [-0.3, -0.25) is 0 Å². The SMILES string of the molecule is Nc1cccc2cc(COc3ccc(Cl)cc3)sc12. The molecule has 1 heterocycles. The molecular formula is C15H12ClNOS. The van der Waals surface area contributed by atoms with Crippen LogP contribution in [0.4, 0.5) is 5.69 Å². The number of benzene rings is 2. The van der Waals surface area contributed by atoms with Crippen LogP contribution in [0.5, 0.6) is 5.75 Å². The molecule has 0 spiro atoms. The van der Waals surface area contributed by atoms with Crippen molar-refractivity contribution in [2.45, 2.75) is 6.61 Å². The fourth-order valence-electron chi connectivity index (χ4n) is 1.90. The molecule has 2 aromatic carbocycles. The lowest BCUT2D eigenvalue weighted by Gasteiger charge is -2.03. The highest BCUT2D eigenvalue weighted by molar-refractivity contribution is 7.19. The van der Waals surface area contributed by atoms with Crippen LogP contribution >= 0.6 is 22.9 Å². The van der Waals surface area contributed by atoms with E-state index in [1.165, 1.54) is 5.39 Å². The fraction of sp³-hybridized carbons (Fsp3) is 0.0667. The van der Waals surface area contributed by atoms with E-state index in [0.717, 1.165) is 21.0 Å². The smallest absolute Gasteiger partial charge is 0.122 e. The molecule has 0 aliphatic carbocycles. The lowest BCUT2D eigenvalue weighted by molar-refractivity contribution is 0.310. The average molecular weight is 290 g/mol. The fourth-order valence-corrected chi connectivity index (χ4v) is 3.02. The van der Waals surface area contributed by atoms with Crippen molar-refractivity contribution in [3.8, 4) is 5.75 Å². The van der Waals surface area contributed by atoms with Crippen LogP contribution in [-0.4, -0.2) is 0 Å². The van der Waals surface area contributed by atoms with E-state index in [2.05, 4.69) is 12.1 Å². The molecule has 3 aromatic rings. The van der Waals surface area contributed by atoms with Gasteiger partial charge in [-0.25, -0.2) is 0 Å². The minimum Gasteiger partial charge on any atom is -0.488 e. The van der Waals surface area contributed by atoms with Crippen LogP contribution in [-0.2, 0) is 6.61 Å². The first-order chi connectivity index (χ1) is 9.22. The summed E-state index contributed by atoms with van der Waals surface area (Å²) >= 11 is 7.50. The molecule has 0 unspecified atom stereocenters. The number of fused-ring (bicyclic) bond motifs is 1. The number of nitrogens with two attached hydrogens (primary N) is 1. The highest BCUT2D eigenvalue weighted by Gasteiger charge is 2.05. The van der Waals surface area contributed by atoms with E-state index >= 15 is 0 Å². The molecule has 0 bridgehead atoms. The van der Waals surface area contributed by atoms with Gasteiger partial charge in [0.15, 0.2) is 0 Å². The Labute approximate surface area is 120 Å². The molecule has 0 radical (unpaired) electrons. The van der Waals surface area contributed by atoms with Crippen molar-refractivity contribution in [1.82, 2.24) is 0 Å². The molecule has 2 nitrogen and oxygen atoms in total. The van der Waals surface area contributed by atoms with Gasteiger partial charge in [0.25, 0.3) is 0 Å². The summed E-state index contributed by atoms with van der Waals surface area (Å²) in [7, 11) is 0. The molecule has 0 saturated heterocycles. The minimum absolute atomic E-state index is 0.542. The highest BCUT2D eigenvalue weighted by atomic mass is 35.5. The van der Waals surface area contributed by atoms with Gasteiger partial charge in [-0.15, -0.1) is 11.3 Å². The van der Waals surface area contributed by atoms with Crippen LogP contribution in [0.1, 0.15) is 4.88 Å². The molecule has 19 heavy (non-hydrogen) atoms. The number of rotatable bonds is 3. The standard InChI is InChI=1S/C15H12ClNOS/c16-11-4-6-12(7-5-11)18-9-13-8-10-2-1-3-14(17)15(10)19-13/h1-8H,9,17H2. The third-order valence-electron chi connectivity index (χ3n) is 2.82. The lowest BCUT2D eigenvalue weighted by Crippen LogP contribution is -1.91. The first kappa shape index (κ1) is 12.3. The van der Waals surface area contributed by atoms with Crippen molar-refractivity contribution >= 4 is 38.7 Å². The van der Waals surface area contributed by atoms with Gasteiger partial charge in [0.2, 0.25) is 0 Å². The van der Waals surface area contributed by atoms with Crippen molar-refractivity contribution in [1.29, 1.82) is 0 Å². The molecule has 0 aliphatic rings. The Bertz CT molecular complexity index is 706. The third kappa shape index (κ3) is 2.67. The van der Waals surface area contributed by atoms with E-state index in [4.69, 9.17) is 22.1 Å². The zero-order valence-electron chi connectivity index (χ0n) is 10.1. The van der Waals surface area contributed by atoms with Gasteiger partial charge in [-0.05, 0) is 41.8 Å². The molecule has 0 saturated carbocycles. The maximum absolute atomic E-state index is 5.95. The number of thiophene rings is 1. The van der Waals surface area contributed by atoms with E-state index in [0.29, 0.717) is 11.6 Å². The van der Waals surface area contributed by atoms with Gasteiger partial charge in [0.1, 0.15) is 12.4 Å². The van der Waals surface area contributed by atoms with Crippen molar-refractivity contribution in [3.05, 3.63) is 58.4 Å². The Morgan fingerprint density at radius 3 is 2.63 bits per heavy atom. The molecule has 0 fully saturated rings. The van der Waals surface area contributed by atoms with E-state index < -0.39 is 0 Å². The summed E-state index contributed by atoms with van der Waals surface area (Å²) in [5.41, 5.74) is 6.77. The van der Waals surface area contributed by atoms with Gasteiger partial charge >= 0.3 is 0 Å². The number of hydrogen-bond acceptors (Lipinski definition) is 3. The number of nitrogen functional groups attached to an aromatic ring is 1. The van der Waals surface area contributed by atoms with Gasteiger partial charge < -0.3 is 10.5 Å². The van der Waals surface area contributed by atoms with E-state index in [-0.39, 0.29) is 0 Å². The zero-order chi connectivity index (χ0) is 13.2. The van der Waals surface area contributed by atoms with E-state index in [1.807, 2.05) is 36.4 Å². The highest BCUT2D eigenvalue weighted by Crippen LogP contribution is 2.31. The molecule has 96 valence electrons. The van der Waals surface area contributed by atoms with Gasteiger partial charge in [0.05, 0.1) is 4.70 Å². The minimum atomic E-state index is 0.542. The molecule has 4 heteroatoms. The molecule has 1 aromatic heterocycles. The second-order valence-electron chi connectivity index (χ2n) is 4.22. The molecule has 3 rings (SSSR count). The molecule has 2 N–H and O–H groups in total. The number of ether oxygens (including phenoxy) is 1. The van der Waals surface area contributed by atoms with Crippen molar-refractivity contribution in [3.63, 3.8) is 0 Å².